The second-order valence-electron chi connectivity index (χ2n) is 3.77. The van der Waals surface area contributed by atoms with Gasteiger partial charge in [-0.15, -0.1) is 0 Å². The highest BCUT2D eigenvalue weighted by atomic mass is 15.3. The standard InChI is InChI=1S/C13H11N5/c14-12-9-11(13-15-7-4-8-16-13)17-18(12)10-5-2-1-3-6-10/h1-9H,14H2. The van der Waals surface area contributed by atoms with Crippen LogP contribution < -0.4 is 5.73 Å². The summed E-state index contributed by atoms with van der Waals surface area (Å²) >= 11 is 0. The van der Waals surface area contributed by atoms with Crippen LogP contribution in [0.5, 0.6) is 0 Å². The molecule has 3 aromatic rings. The van der Waals surface area contributed by atoms with Crippen LogP contribution in [0.1, 0.15) is 0 Å². The summed E-state index contributed by atoms with van der Waals surface area (Å²) in [6, 6.07) is 13.2. The molecule has 2 N–H and O–H groups in total. The predicted molar refractivity (Wildman–Crippen MR) is 69.0 cm³/mol. The molecule has 2 aromatic heterocycles. The maximum absolute atomic E-state index is 5.96. The van der Waals surface area contributed by atoms with Crippen molar-refractivity contribution in [2.45, 2.75) is 0 Å². The largest absolute Gasteiger partial charge is 0.384 e. The highest BCUT2D eigenvalue weighted by Crippen LogP contribution is 2.19. The van der Waals surface area contributed by atoms with Gasteiger partial charge in [0, 0.05) is 18.5 Å². The Balaban J connectivity index is 2.07. The van der Waals surface area contributed by atoms with Crippen molar-refractivity contribution in [1.82, 2.24) is 19.7 Å². The van der Waals surface area contributed by atoms with Crippen LogP contribution in [0.15, 0.2) is 54.9 Å². The molecule has 18 heavy (non-hydrogen) atoms. The van der Waals surface area contributed by atoms with Crippen molar-refractivity contribution < 1.29 is 0 Å². The topological polar surface area (TPSA) is 69.6 Å². The fraction of sp³-hybridized carbons (Fsp3) is 0. The number of rotatable bonds is 2. The first kappa shape index (κ1) is 10.5. The Morgan fingerprint density at radius 2 is 1.67 bits per heavy atom. The number of nitrogens with zero attached hydrogens (tertiary/aromatic N) is 4. The number of nitrogens with two attached hydrogens (primary N) is 1. The molecule has 0 aliphatic carbocycles. The molecule has 0 radical (unpaired) electrons. The van der Waals surface area contributed by atoms with Gasteiger partial charge in [0.05, 0.1) is 5.69 Å². The zero-order chi connectivity index (χ0) is 12.4. The van der Waals surface area contributed by atoms with Gasteiger partial charge in [-0.05, 0) is 18.2 Å². The maximum atomic E-state index is 5.96. The van der Waals surface area contributed by atoms with Gasteiger partial charge < -0.3 is 5.73 Å². The second-order valence-corrected chi connectivity index (χ2v) is 3.77. The van der Waals surface area contributed by atoms with Crippen LogP contribution >= 0.6 is 0 Å². The molecule has 2 heterocycles. The Hall–Kier alpha value is -2.69. The summed E-state index contributed by atoms with van der Waals surface area (Å²) in [4.78, 5) is 8.31. The number of benzene rings is 1. The summed E-state index contributed by atoms with van der Waals surface area (Å²) in [6.07, 6.45) is 3.36. The molecule has 0 atom stereocenters. The molecule has 5 nitrogen and oxygen atoms in total. The average Bonchev–Trinajstić information content (AvgIpc) is 2.83. The molecule has 0 bridgehead atoms. The smallest absolute Gasteiger partial charge is 0.180 e. The number of para-hydroxylation sites is 1. The van der Waals surface area contributed by atoms with E-state index in [9.17, 15) is 0 Å². The zero-order valence-electron chi connectivity index (χ0n) is 9.56. The lowest BCUT2D eigenvalue weighted by Crippen LogP contribution is -2.01. The summed E-state index contributed by atoms with van der Waals surface area (Å²) in [5, 5.41) is 4.42. The molecule has 0 fully saturated rings. The number of anilines is 1. The summed E-state index contributed by atoms with van der Waals surface area (Å²) in [5.74, 6) is 1.13. The summed E-state index contributed by atoms with van der Waals surface area (Å²) < 4.78 is 1.67. The van der Waals surface area contributed by atoms with Crippen molar-refractivity contribution in [1.29, 1.82) is 0 Å². The third-order valence-corrected chi connectivity index (χ3v) is 2.53. The summed E-state index contributed by atoms with van der Waals surface area (Å²) in [6.45, 7) is 0. The lowest BCUT2D eigenvalue weighted by atomic mass is 10.3. The fourth-order valence-electron chi connectivity index (χ4n) is 1.71. The fourth-order valence-corrected chi connectivity index (χ4v) is 1.71. The van der Waals surface area contributed by atoms with Crippen LogP contribution in [-0.4, -0.2) is 19.7 Å². The predicted octanol–water partition coefficient (Wildman–Crippen LogP) is 1.91. The van der Waals surface area contributed by atoms with E-state index in [1.54, 1.807) is 29.2 Å². The van der Waals surface area contributed by atoms with Crippen molar-refractivity contribution in [3.63, 3.8) is 0 Å². The van der Waals surface area contributed by atoms with E-state index in [2.05, 4.69) is 15.1 Å². The number of aromatic nitrogens is 4. The van der Waals surface area contributed by atoms with E-state index in [0.29, 0.717) is 17.3 Å². The molecule has 0 unspecified atom stereocenters. The van der Waals surface area contributed by atoms with Gasteiger partial charge in [0.1, 0.15) is 11.5 Å². The molecule has 0 amide bonds. The van der Waals surface area contributed by atoms with Crippen LogP contribution in [0.2, 0.25) is 0 Å². The van der Waals surface area contributed by atoms with Gasteiger partial charge in [-0.2, -0.15) is 5.10 Å². The highest BCUT2D eigenvalue weighted by Gasteiger charge is 2.09. The Morgan fingerprint density at radius 1 is 0.944 bits per heavy atom. The van der Waals surface area contributed by atoms with Gasteiger partial charge in [0.15, 0.2) is 5.82 Å². The van der Waals surface area contributed by atoms with Gasteiger partial charge in [-0.1, -0.05) is 18.2 Å². The highest BCUT2D eigenvalue weighted by molar-refractivity contribution is 5.56. The first-order valence-electron chi connectivity index (χ1n) is 5.53. The van der Waals surface area contributed by atoms with E-state index in [-0.39, 0.29) is 0 Å². The van der Waals surface area contributed by atoms with Crippen molar-refractivity contribution in [3.8, 4) is 17.2 Å². The quantitative estimate of drug-likeness (QED) is 0.739. The SMILES string of the molecule is Nc1cc(-c2ncccn2)nn1-c1ccccc1. The molecule has 3 rings (SSSR count). The first-order chi connectivity index (χ1) is 8.84. The van der Waals surface area contributed by atoms with Crippen LogP contribution in [0.3, 0.4) is 0 Å². The van der Waals surface area contributed by atoms with E-state index >= 15 is 0 Å². The average molecular weight is 237 g/mol. The van der Waals surface area contributed by atoms with E-state index in [1.165, 1.54) is 0 Å². The monoisotopic (exact) mass is 237 g/mol. The molecular weight excluding hydrogens is 226 g/mol. The van der Waals surface area contributed by atoms with Gasteiger partial charge in [0.2, 0.25) is 0 Å². The third-order valence-electron chi connectivity index (χ3n) is 2.53. The van der Waals surface area contributed by atoms with Crippen LogP contribution in [0.4, 0.5) is 5.82 Å². The Bertz CT molecular complexity index is 646. The Kier molecular flexibility index (Phi) is 2.49. The molecule has 0 saturated heterocycles. The minimum Gasteiger partial charge on any atom is -0.384 e. The molecule has 0 spiro atoms. The second kappa shape index (κ2) is 4.29. The van der Waals surface area contributed by atoms with E-state index in [1.807, 2.05) is 30.3 Å². The normalized spacial score (nSPS) is 10.4. The molecule has 1 aromatic carbocycles. The van der Waals surface area contributed by atoms with Gasteiger partial charge in [0.25, 0.3) is 0 Å². The van der Waals surface area contributed by atoms with E-state index in [4.69, 9.17) is 5.73 Å². The molecule has 0 aliphatic rings. The first-order valence-corrected chi connectivity index (χ1v) is 5.53. The minimum atomic E-state index is 0.559. The van der Waals surface area contributed by atoms with Crippen molar-refractivity contribution >= 4 is 5.82 Å². The molecule has 0 saturated carbocycles. The van der Waals surface area contributed by atoms with Crippen molar-refractivity contribution in [2.75, 3.05) is 5.73 Å². The molecule has 88 valence electrons. The van der Waals surface area contributed by atoms with E-state index < -0.39 is 0 Å². The summed E-state index contributed by atoms with van der Waals surface area (Å²) in [5.41, 5.74) is 7.53. The molecule has 5 heteroatoms. The number of hydrogen-bond donors (Lipinski definition) is 1. The Labute approximate surface area is 104 Å². The van der Waals surface area contributed by atoms with Crippen molar-refractivity contribution in [2.24, 2.45) is 0 Å². The van der Waals surface area contributed by atoms with Gasteiger partial charge >= 0.3 is 0 Å². The lowest BCUT2D eigenvalue weighted by molar-refractivity contribution is 0.889. The maximum Gasteiger partial charge on any atom is 0.180 e. The van der Waals surface area contributed by atoms with Crippen LogP contribution in [0, 0.1) is 0 Å². The number of hydrogen-bond acceptors (Lipinski definition) is 4. The van der Waals surface area contributed by atoms with Gasteiger partial charge in [-0.25, -0.2) is 14.6 Å². The minimum absolute atomic E-state index is 0.559. The van der Waals surface area contributed by atoms with Crippen LogP contribution in [-0.2, 0) is 0 Å². The summed E-state index contributed by atoms with van der Waals surface area (Å²) in [7, 11) is 0. The third kappa shape index (κ3) is 1.82. The van der Waals surface area contributed by atoms with E-state index in [0.717, 1.165) is 5.69 Å². The van der Waals surface area contributed by atoms with Crippen molar-refractivity contribution in [3.05, 3.63) is 54.9 Å². The molecular formula is C13H11N5. The zero-order valence-corrected chi connectivity index (χ0v) is 9.56. The van der Waals surface area contributed by atoms with Crippen LogP contribution in [0.25, 0.3) is 17.2 Å². The molecule has 0 aliphatic heterocycles. The van der Waals surface area contributed by atoms with Gasteiger partial charge in [-0.3, -0.25) is 0 Å². The number of nitrogen functional groups attached to an aromatic ring is 1. The Morgan fingerprint density at radius 3 is 2.39 bits per heavy atom. The lowest BCUT2D eigenvalue weighted by Gasteiger charge is -2.02.